The third kappa shape index (κ3) is 4.87. The van der Waals surface area contributed by atoms with Crippen LogP contribution in [0, 0.1) is 18.8 Å². The number of carbonyl (C=O) groups excluding carboxylic acids is 1. The van der Waals surface area contributed by atoms with E-state index in [9.17, 15) is 4.79 Å². The molecule has 1 heteroatoms. The zero-order valence-corrected chi connectivity index (χ0v) is 10.8. The average Bonchev–Trinajstić information content (AvgIpc) is 2.34. The Labute approximate surface area is 104 Å². The molecule has 1 aromatic carbocycles. The fourth-order valence-corrected chi connectivity index (χ4v) is 1.68. The van der Waals surface area contributed by atoms with Crippen molar-refractivity contribution >= 4 is 5.78 Å². The molecule has 0 fully saturated rings. The Morgan fingerprint density at radius 1 is 1.18 bits per heavy atom. The molecule has 0 aliphatic carbocycles. The van der Waals surface area contributed by atoms with Crippen LogP contribution in [-0.2, 0) is 0 Å². The minimum absolute atomic E-state index is 0.0569. The predicted octanol–water partition coefficient (Wildman–Crippen LogP) is 4.15. The van der Waals surface area contributed by atoms with Crippen molar-refractivity contribution in [1.29, 1.82) is 0 Å². The number of aryl methyl sites for hydroxylation is 1. The van der Waals surface area contributed by atoms with Gasteiger partial charge in [0.2, 0.25) is 5.78 Å². The minimum Gasteiger partial charge on any atom is -0.279 e. The Kier molecular flexibility index (Phi) is 6.10. The van der Waals surface area contributed by atoms with Gasteiger partial charge in [-0.3, -0.25) is 4.79 Å². The van der Waals surface area contributed by atoms with Crippen molar-refractivity contribution < 1.29 is 4.79 Å². The van der Waals surface area contributed by atoms with Crippen molar-refractivity contribution in [3.8, 4) is 11.8 Å². The molecule has 1 nitrogen and oxygen atoms in total. The lowest BCUT2D eigenvalue weighted by Crippen LogP contribution is -1.97. The number of carbonyl (C=O) groups is 1. The van der Waals surface area contributed by atoms with Crippen LogP contribution >= 0.6 is 0 Å². The van der Waals surface area contributed by atoms with Gasteiger partial charge in [0.05, 0.1) is 0 Å². The van der Waals surface area contributed by atoms with Gasteiger partial charge in [0.15, 0.2) is 0 Å². The number of benzene rings is 1. The highest BCUT2D eigenvalue weighted by molar-refractivity contribution is 6.09. The highest BCUT2D eigenvalue weighted by Gasteiger charge is 2.03. The number of unbranched alkanes of at least 4 members (excludes halogenated alkanes) is 4. The van der Waals surface area contributed by atoms with Crippen LogP contribution in [0.3, 0.4) is 0 Å². The molecular formula is C16H20O. The summed E-state index contributed by atoms with van der Waals surface area (Å²) in [5.41, 5.74) is 1.73. The van der Waals surface area contributed by atoms with E-state index in [0.29, 0.717) is 0 Å². The quantitative estimate of drug-likeness (QED) is 0.320. The monoisotopic (exact) mass is 228 g/mol. The molecule has 0 aromatic heterocycles. The predicted molar refractivity (Wildman–Crippen MR) is 72.0 cm³/mol. The van der Waals surface area contributed by atoms with Crippen LogP contribution in [-0.4, -0.2) is 5.78 Å². The largest absolute Gasteiger partial charge is 0.279 e. The molecule has 0 heterocycles. The second kappa shape index (κ2) is 7.68. The first-order valence-electron chi connectivity index (χ1n) is 6.34. The second-order valence-electron chi connectivity index (χ2n) is 4.26. The lowest BCUT2D eigenvalue weighted by atomic mass is 10.1. The van der Waals surface area contributed by atoms with Crippen molar-refractivity contribution in [1.82, 2.24) is 0 Å². The lowest BCUT2D eigenvalue weighted by molar-refractivity contribution is 0.105. The van der Waals surface area contributed by atoms with Crippen LogP contribution in [0.5, 0.6) is 0 Å². The van der Waals surface area contributed by atoms with E-state index in [1.165, 1.54) is 19.3 Å². The third-order valence-electron chi connectivity index (χ3n) is 2.75. The van der Waals surface area contributed by atoms with Crippen molar-refractivity contribution in [2.45, 2.75) is 46.0 Å². The molecular weight excluding hydrogens is 208 g/mol. The van der Waals surface area contributed by atoms with Crippen molar-refractivity contribution in [3.05, 3.63) is 35.4 Å². The smallest absolute Gasteiger partial charge is 0.236 e. The van der Waals surface area contributed by atoms with E-state index >= 15 is 0 Å². The van der Waals surface area contributed by atoms with Gasteiger partial charge in [-0.25, -0.2) is 0 Å². The van der Waals surface area contributed by atoms with Gasteiger partial charge in [-0.15, -0.1) is 0 Å². The molecule has 17 heavy (non-hydrogen) atoms. The van der Waals surface area contributed by atoms with E-state index in [-0.39, 0.29) is 5.78 Å². The van der Waals surface area contributed by atoms with Gasteiger partial charge in [0.1, 0.15) is 0 Å². The van der Waals surface area contributed by atoms with E-state index in [4.69, 9.17) is 0 Å². The third-order valence-corrected chi connectivity index (χ3v) is 2.75. The van der Waals surface area contributed by atoms with E-state index in [1.807, 2.05) is 31.2 Å². The SMILES string of the molecule is CCCCCCC#CC(=O)c1ccccc1C. The standard InChI is InChI=1S/C16H20O/c1-3-4-5-6-7-8-13-16(17)15-12-10-9-11-14(15)2/h9-12H,3-7H2,1-2H3. The zero-order valence-electron chi connectivity index (χ0n) is 10.8. The van der Waals surface area contributed by atoms with Crippen LogP contribution < -0.4 is 0 Å². The normalized spacial score (nSPS) is 9.53. The summed E-state index contributed by atoms with van der Waals surface area (Å²) in [5, 5.41) is 0. The van der Waals surface area contributed by atoms with Crippen LogP contribution in [0.2, 0.25) is 0 Å². The number of hydrogen-bond donors (Lipinski definition) is 0. The average molecular weight is 228 g/mol. The molecule has 0 N–H and O–H groups in total. The molecule has 1 aromatic rings. The summed E-state index contributed by atoms with van der Waals surface area (Å²) >= 11 is 0. The number of hydrogen-bond acceptors (Lipinski definition) is 1. The Bertz CT molecular complexity index is 421. The van der Waals surface area contributed by atoms with Crippen molar-refractivity contribution in [2.75, 3.05) is 0 Å². The summed E-state index contributed by atoms with van der Waals surface area (Å²) in [5.74, 6) is 5.64. The van der Waals surface area contributed by atoms with Gasteiger partial charge in [-0.2, -0.15) is 0 Å². The molecule has 0 spiro atoms. The molecule has 0 saturated heterocycles. The van der Waals surface area contributed by atoms with Gasteiger partial charge in [0.25, 0.3) is 0 Å². The van der Waals surface area contributed by atoms with Crippen LogP contribution in [0.1, 0.15) is 54.9 Å². The lowest BCUT2D eigenvalue weighted by Gasteiger charge is -1.98. The Balaban J connectivity index is 2.45. The van der Waals surface area contributed by atoms with Gasteiger partial charge in [-0.05, 0) is 24.8 Å². The summed E-state index contributed by atoms with van der Waals surface area (Å²) in [7, 11) is 0. The van der Waals surface area contributed by atoms with Crippen LogP contribution in [0.4, 0.5) is 0 Å². The van der Waals surface area contributed by atoms with E-state index in [1.54, 1.807) is 0 Å². The molecule has 0 unspecified atom stereocenters. The molecule has 1 rings (SSSR count). The fraction of sp³-hybridized carbons (Fsp3) is 0.438. The van der Waals surface area contributed by atoms with Crippen LogP contribution in [0.15, 0.2) is 24.3 Å². The zero-order chi connectivity index (χ0) is 12.5. The highest BCUT2D eigenvalue weighted by Crippen LogP contribution is 2.07. The first kappa shape index (κ1) is 13.5. The number of rotatable bonds is 5. The summed E-state index contributed by atoms with van der Waals surface area (Å²) in [6.45, 7) is 4.13. The molecule has 0 aliphatic rings. The molecule has 0 saturated carbocycles. The Hall–Kier alpha value is -1.55. The topological polar surface area (TPSA) is 17.1 Å². The summed E-state index contributed by atoms with van der Waals surface area (Å²) in [6, 6.07) is 7.59. The Morgan fingerprint density at radius 3 is 2.65 bits per heavy atom. The maximum atomic E-state index is 11.8. The van der Waals surface area contributed by atoms with Gasteiger partial charge in [-0.1, -0.05) is 56.4 Å². The van der Waals surface area contributed by atoms with Crippen molar-refractivity contribution in [3.63, 3.8) is 0 Å². The van der Waals surface area contributed by atoms with Crippen molar-refractivity contribution in [2.24, 2.45) is 0 Å². The first-order valence-corrected chi connectivity index (χ1v) is 6.34. The maximum absolute atomic E-state index is 11.8. The van der Waals surface area contributed by atoms with Gasteiger partial charge < -0.3 is 0 Å². The maximum Gasteiger partial charge on any atom is 0.236 e. The molecule has 0 radical (unpaired) electrons. The number of Topliss-reactive ketones (excluding diaryl/α,β-unsaturated/α-hetero) is 1. The molecule has 0 amide bonds. The van der Waals surface area contributed by atoms with E-state index in [2.05, 4.69) is 18.8 Å². The van der Waals surface area contributed by atoms with E-state index < -0.39 is 0 Å². The summed E-state index contributed by atoms with van der Waals surface area (Å²) in [4.78, 5) is 11.8. The fourth-order valence-electron chi connectivity index (χ4n) is 1.68. The number of ketones is 1. The van der Waals surface area contributed by atoms with Gasteiger partial charge >= 0.3 is 0 Å². The Morgan fingerprint density at radius 2 is 1.94 bits per heavy atom. The molecule has 0 bridgehead atoms. The van der Waals surface area contributed by atoms with Crippen LogP contribution in [0.25, 0.3) is 0 Å². The van der Waals surface area contributed by atoms with Gasteiger partial charge in [0, 0.05) is 12.0 Å². The summed E-state index contributed by atoms with van der Waals surface area (Å²) in [6.07, 6.45) is 5.63. The summed E-state index contributed by atoms with van der Waals surface area (Å²) < 4.78 is 0. The first-order chi connectivity index (χ1) is 8.25. The second-order valence-corrected chi connectivity index (χ2v) is 4.26. The van der Waals surface area contributed by atoms with E-state index in [0.717, 1.165) is 24.0 Å². The molecule has 90 valence electrons. The molecule has 0 aliphatic heterocycles. The highest BCUT2D eigenvalue weighted by atomic mass is 16.1. The molecule has 0 atom stereocenters. The minimum atomic E-state index is -0.0569.